The van der Waals surface area contributed by atoms with Gasteiger partial charge in [0.15, 0.2) is 5.82 Å². The molecule has 4 heterocycles. The summed E-state index contributed by atoms with van der Waals surface area (Å²) in [6, 6.07) is 10.2. The first-order chi connectivity index (χ1) is 16.0. The minimum absolute atomic E-state index is 0.164. The monoisotopic (exact) mass is 443 g/mol. The van der Waals surface area contributed by atoms with E-state index in [9.17, 15) is 5.26 Å². The van der Waals surface area contributed by atoms with Crippen LogP contribution in [0.2, 0.25) is 0 Å². The van der Waals surface area contributed by atoms with Crippen LogP contribution in [0, 0.1) is 25.2 Å². The standard InChI is InChI=1S/C25H29N7O/c1-17-19(12-26)5-4-6-20(17)13-28-24-21-11-23(27-14-22(21)18(2)29-30-24)31-15-25(3,16-31)32-7-9-33-10-8-32/h4-6,11,14H,7-10,13,15-16H2,1-3H3,(H,28,30). The number of aromatic nitrogens is 3. The SMILES string of the molecule is Cc1c(C#N)cccc1CNc1nnc(C)c2cnc(N3CC(C)(N4CCOCC4)C3)cc12. The zero-order valence-electron chi connectivity index (χ0n) is 19.4. The van der Waals surface area contributed by atoms with E-state index in [1.165, 1.54) is 0 Å². The number of rotatable bonds is 5. The lowest BCUT2D eigenvalue weighted by Gasteiger charge is -2.55. The third-order valence-electron chi connectivity index (χ3n) is 7.01. The molecular formula is C25H29N7O. The number of nitrogens with zero attached hydrogens (tertiary/aromatic N) is 6. The van der Waals surface area contributed by atoms with Gasteiger partial charge < -0.3 is 15.0 Å². The number of ether oxygens (including phenoxy) is 1. The zero-order valence-corrected chi connectivity index (χ0v) is 19.4. The van der Waals surface area contributed by atoms with Gasteiger partial charge >= 0.3 is 0 Å². The van der Waals surface area contributed by atoms with Gasteiger partial charge in [0, 0.05) is 49.7 Å². The van der Waals surface area contributed by atoms with Crippen molar-refractivity contribution in [1.29, 1.82) is 5.26 Å². The number of benzene rings is 1. The van der Waals surface area contributed by atoms with Gasteiger partial charge in [-0.25, -0.2) is 4.98 Å². The highest BCUT2D eigenvalue weighted by molar-refractivity contribution is 5.94. The minimum Gasteiger partial charge on any atom is -0.379 e. The van der Waals surface area contributed by atoms with Crippen molar-refractivity contribution >= 4 is 22.4 Å². The molecule has 8 nitrogen and oxygen atoms in total. The van der Waals surface area contributed by atoms with E-state index in [-0.39, 0.29) is 5.54 Å². The van der Waals surface area contributed by atoms with E-state index >= 15 is 0 Å². The first-order valence-corrected chi connectivity index (χ1v) is 11.4. The number of fused-ring (bicyclic) bond motifs is 1. The van der Waals surface area contributed by atoms with E-state index < -0.39 is 0 Å². The summed E-state index contributed by atoms with van der Waals surface area (Å²) in [7, 11) is 0. The van der Waals surface area contributed by atoms with Crippen LogP contribution in [0.4, 0.5) is 11.6 Å². The number of nitrogens with one attached hydrogen (secondary N) is 1. The summed E-state index contributed by atoms with van der Waals surface area (Å²) in [6.45, 7) is 12.3. The Balaban J connectivity index is 1.38. The van der Waals surface area contributed by atoms with Crippen molar-refractivity contribution in [2.75, 3.05) is 49.6 Å². The van der Waals surface area contributed by atoms with Crippen molar-refractivity contribution < 1.29 is 4.74 Å². The topological polar surface area (TPSA) is 90.2 Å². The quantitative estimate of drug-likeness (QED) is 0.644. The molecule has 2 aliphatic heterocycles. The van der Waals surface area contributed by atoms with Gasteiger partial charge in [0.25, 0.3) is 0 Å². The average Bonchev–Trinajstić information content (AvgIpc) is 2.83. The molecule has 0 bridgehead atoms. The van der Waals surface area contributed by atoms with E-state index in [1.807, 2.05) is 38.2 Å². The first-order valence-electron chi connectivity index (χ1n) is 11.4. The lowest BCUT2D eigenvalue weighted by atomic mass is 9.89. The van der Waals surface area contributed by atoms with Gasteiger partial charge in [0.05, 0.1) is 36.1 Å². The van der Waals surface area contributed by atoms with Gasteiger partial charge in [-0.1, -0.05) is 12.1 Å². The fourth-order valence-electron chi connectivity index (χ4n) is 4.88. The Hall–Kier alpha value is -3.28. The van der Waals surface area contributed by atoms with Crippen LogP contribution in [0.25, 0.3) is 10.8 Å². The normalized spacial score (nSPS) is 18.1. The Bertz CT molecular complexity index is 1220. The van der Waals surface area contributed by atoms with Gasteiger partial charge in [0.1, 0.15) is 5.82 Å². The average molecular weight is 444 g/mol. The molecule has 0 atom stereocenters. The molecule has 0 saturated carbocycles. The Morgan fingerprint density at radius 2 is 1.94 bits per heavy atom. The molecule has 0 unspecified atom stereocenters. The first kappa shape index (κ1) is 21.6. The third-order valence-corrected chi connectivity index (χ3v) is 7.01. The molecule has 0 radical (unpaired) electrons. The molecule has 0 spiro atoms. The minimum atomic E-state index is 0.164. The molecule has 0 amide bonds. The van der Waals surface area contributed by atoms with Gasteiger partial charge in [-0.2, -0.15) is 10.4 Å². The molecule has 5 rings (SSSR count). The summed E-state index contributed by atoms with van der Waals surface area (Å²) >= 11 is 0. The van der Waals surface area contributed by atoms with Crippen LogP contribution in [0.1, 0.15) is 29.3 Å². The number of aryl methyl sites for hydroxylation is 1. The smallest absolute Gasteiger partial charge is 0.157 e. The highest BCUT2D eigenvalue weighted by Gasteiger charge is 2.44. The molecule has 2 saturated heterocycles. The van der Waals surface area contributed by atoms with Crippen molar-refractivity contribution in [2.24, 2.45) is 0 Å². The lowest BCUT2D eigenvalue weighted by Crippen LogP contribution is -2.70. The summed E-state index contributed by atoms with van der Waals surface area (Å²) in [5.41, 5.74) is 3.78. The number of hydrogen-bond donors (Lipinski definition) is 1. The van der Waals surface area contributed by atoms with Crippen LogP contribution in [0.5, 0.6) is 0 Å². The van der Waals surface area contributed by atoms with Crippen molar-refractivity contribution in [1.82, 2.24) is 20.1 Å². The summed E-state index contributed by atoms with van der Waals surface area (Å²) < 4.78 is 5.52. The maximum atomic E-state index is 9.32. The largest absolute Gasteiger partial charge is 0.379 e. The van der Waals surface area contributed by atoms with Crippen molar-refractivity contribution in [2.45, 2.75) is 32.9 Å². The second kappa shape index (κ2) is 8.58. The van der Waals surface area contributed by atoms with Crippen LogP contribution in [-0.4, -0.2) is 65.0 Å². The summed E-state index contributed by atoms with van der Waals surface area (Å²) in [5, 5.41) is 23.5. The number of pyridine rings is 1. The molecule has 0 aliphatic carbocycles. The fraction of sp³-hybridized carbons (Fsp3) is 0.440. The highest BCUT2D eigenvalue weighted by Crippen LogP contribution is 2.34. The van der Waals surface area contributed by atoms with E-state index in [0.29, 0.717) is 12.1 Å². The zero-order chi connectivity index (χ0) is 23.0. The second-order valence-corrected chi connectivity index (χ2v) is 9.23. The van der Waals surface area contributed by atoms with E-state index in [0.717, 1.165) is 78.6 Å². The number of nitriles is 1. The summed E-state index contributed by atoms with van der Waals surface area (Å²) in [4.78, 5) is 9.61. The molecule has 2 aromatic heterocycles. The molecule has 3 aromatic rings. The Kier molecular flexibility index (Phi) is 5.60. The van der Waals surface area contributed by atoms with Crippen LogP contribution < -0.4 is 10.2 Å². The van der Waals surface area contributed by atoms with Crippen molar-refractivity contribution in [3.8, 4) is 6.07 Å². The number of anilines is 2. The van der Waals surface area contributed by atoms with E-state index in [2.05, 4.69) is 44.4 Å². The van der Waals surface area contributed by atoms with Crippen LogP contribution in [-0.2, 0) is 11.3 Å². The third kappa shape index (κ3) is 3.99. The highest BCUT2D eigenvalue weighted by atomic mass is 16.5. The van der Waals surface area contributed by atoms with Gasteiger partial charge in [0.2, 0.25) is 0 Å². The van der Waals surface area contributed by atoms with E-state index in [1.54, 1.807) is 0 Å². The maximum Gasteiger partial charge on any atom is 0.157 e. The predicted octanol–water partition coefficient (Wildman–Crippen LogP) is 3.04. The second-order valence-electron chi connectivity index (χ2n) is 9.23. The maximum absolute atomic E-state index is 9.32. The van der Waals surface area contributed by atoms with Crippen molar-refractivity contribution in [3.05, 3.63) is 52.8 Å². The Morgan fingerprint density at radius 1 is 1.15 bits per heavy atom. The Labute approximate surface area is 194 Å². The molecule has 1 N–H and O–H groups in total. The van der Waals surface area contributed by atoms with Gasteiger partial charge in [-0.05, 0) is 44.0 Å². The number of morpholine rings is 1. The molecule has 2 aliphatic rings. The number of hydrogen-bond acceptors (Lipinski definition) is 8. The molecule has 33 heavy (non-hydrogen) atoms. The Morgan fingerprint density at radius 3 is 2.70 bits per heavy atom. The van der Waals surface area contributed by atoms with Crippen molar-refractivity contribution in [3.63, 3.8) is 0 Å². The van der Waals surface area contributed by atoms with Crippen LogP contribution in [0.3, 0.4) is 0 Å². The predicted molar refractivity (Wildman–Crippen MR) is 128 cm³/mol. The van der Waals surface area contributed by atoms with Crippen LogP contribution in [0.15, 0.2) is 30.5 Å². The van der Waals surface area contributed by atoms with Gasteiger partial charge in [-0.3, -0.25) is 4.90 Å². The van der Waals surface area contributed by atoms with E-state index in [4.69, 9.17) is 9.72 Å². The molecule has 2 fully saturated rings. The lowest BCUT2D eigenvalue weighted by molar-refractivity contribution is -0.0266. The molecule has 170 valence electrons. The van der Waals surface area contributed by atoms with Crippen LogP contribution >= 0.6 is 0 Å². The molecule has 8 heteroatoms. The fourth-order valence-corrected chi connectivity index (χ4v) is 4.88. The van der Waals surface area contributed by atoms with Gasteiger partial charge in [-0.15, -0.1) is 5.10 Å². The summed E-state index contributed by atoms with van der Waals surface area (Å²) in [6.07, 6.45) is 1.91. The molecular weight excluding hydrogens is 414 g/mol. The summed E-state index contributed by atoms with van der Waals surface area (Å²) in [5.74, 6) is 1.70. The molecule has 1 aromatic carbocycles.